The highest BCUT2D eigenvalue weighted by atomic mass is 35.5. The number of nitrogens with zero attached hydrogens (tertiary/aromatic N) is 1. The zero-order chi connectivity index (χ0) is 15.1. The van der Waals surface area contributed by atoms with Gasteiger partial charge in [-0.25, -0.2) is 0 Å². The van der Waals surface area contributed by atoms with Crippen molar-refractivity contribution >= 4 is 29.1 Å². The van der Waals surface area contributed by atoms with Crippen molar-refractivity contribution in [2.24, 2.45) is 0 Å². The third kappa shape index (κ3) is 2.17. The Morgan fingerprint density at radius 1 is 1.00 bits per heavy atom. The summed E-state index contributed by atoms with van der Waals surface area (Å²) in [5.41, 5.74) is 7.77. The summed E-state index contributed by atoms with van der Waals surface area (Å²) in [7, 11) is 0. The van der Waals surface area contributed by atoms with E-state index in [2.05, 4.69) is 0 Å². The number of anilines is 1. The Labute approximate surface area is 127 Å². The predicted molar refractivity (Wildman–Crippen MR) is 81.2 cm³/mol. The second-order valence-electron chi connectivity index (χ2n) is 5.01. The van der Waals surface area contributed by atoms with Gasteiger partial charge in [0.05, 0.1) is 17.2 Å². The topological polar surface area (TPSA) is 63.4 Å². The second-order valence-corrected chi connectivity index (χ2v) is 5.45. The quantitative estimate of drug-likeness (QED) is 0.684. The van der Waals surface area contributed by atoms with E-state index in [1.54, 1.807) is 30.3 Å². The molecule has 3 rings (SSSR count). The molecular weight excluding hydrogens is 288 g/mol. The van der Waals surface area contributed by atoms with Gasteiger partial charge in [-0.15, -0.1) is 0 Å². The third-order valence-electron chi connectivity index (χ3n) is 3.68. The summed E-state index contributed by atoms with van der Waals surface area (Å²) in [6, 6.07) is 11.5. The van der Waals surface area contributed by atoms with Gasteiger partial charge in [0, 0.05) is 10.7 Å². The molecule has 2 amide bonds. The number of hydrogen-bond donors (Lipinski definition) is 1. The first-order chi connectivity index (χ1) is 9.99. The Kier molecular flexibility index (Phi) is 3.18. The molecule has 106 valence electrons. The molecule has 1 heterocycles. The Morgan fingerprint density at radius 3 is 2.29 bits per heavy atom. The number of fused-ring (bicyclic) bond motifs is 1. The summed E-state index contributed by atoms with van der Waals surface area (Å²) in [5.74, 6) is -0.609. The number of halogens is 1. The van der Waals surface area contributed by atoms with E-state index in [-0.39, 0.29) is 17.9 Å². The number of amides is 2. The summed E-state index contributed by atoms with van der Waals surface area (Å²) in [6.45, 7) is 1.81. The van der Waals surface area contributed by atoms with Gasteiger partial charge in [-0.2, -0.15) is 0 Å². The van der Waals surface area contributed by atoms with E-state index in [0.29, 0.717) is 21.8 Å². The van der Waals surface area contributed by atoms with Crippen LogP contribution in [0.1, 0.15) is 39.2 Å². The normalized spacial score (nSPS) is 15.2. The lowest BCUT2D eigenvalue weighted by Crippen LogP contribution is -2.32. The molecule has 0 spiro atoms. The van der Waals surface area contributed by atoms with E-state index in [4.69, 9.17) is 17.3 Å². The summed E-state index contributed by atoms with van der Waals surface area (Å²) >= 11 is 5.86. The monoisotopic (exact) mass is 300 g/mol. The lowest BCUT2D eigenvalue weighted by Gasteiger charge is -2.22. The summed E-state index contributed by atoms with van der Waals surface area (Å²) in [4.78, 5) is 26.2. The Bertz CT molecular complexity index is 740. The van der Waals surface area contributed by atoms with Gasteiger partial charge < -0.3 is 5.73 Å². The number of carbonyl (C=O) groups excluding carboxylic acids is 2. The largest absolute Gasteiger partial charge is 0.399 e. The van der Waals surface area contributed by atoms with Gasteiger partial charge in [0.15, 0.2) is 0 Å². The van der Waals surface area contributed by atoms with Crippen LogP contribution in [0.25, 0.3) is 0 Å². The number of nitrogen functional groups attached to an aromatic ring is 1. The molecule has 2 N–H and O–H groups in total. The first-order valence-corrected chi connectivity index (χ1v) is 6.89. The van der Waals surface area contributed by atoms with Crippen LogP contribution >= 0.6 is 11.6 Å². The molecule has 0 bridgehead atoms. The van der Waals surface area contributed by atoms with Crippen LogP contribution in [0.2, 0.25) is 5.02 Å². The molecule has 2 aromatic carbocycles. The van der Waals surface area contributed by atoms with Crippen molar-refractivity contribution in [3.05, 3.63) is 64.2 Å². The highest BCUT2D eigenvalue weighted by molar-refractivity contribution is 6.30. The van der Waals surface area contributed by atoms with Crippen LogP contribution in [0.5, 0.6) is 0 Å². The fraction of sp³-hybridized carbons (Fsp3) is 0.125. The van der Waals surface area contributed by atoms with Crippen molar-refractivity contribution in [3.8, 4) is 0 Å². The molecule has 1 aliphatic rings. The smallest absolute Gasteiger partial charge is 0.262 e. The highest BCUT2D eigenvalue weighted by Crippen LogP contribution is 2.32. The summed E-state index contributed by atoms with van der Waals surface area (Å²) < 4.78 is 0. The molecule has 1 atom stereocenters. The van der Waals surface area contributed by atoms with E-state index in [0.717, 1.165) is 5.56 Å². The second kappa shape index (κ2) is 4.90. The molecule has 1 unspecified atom stereocenters. The molecule has 2 aromatic rings. The average molecular weight is 301 g/mol. The van der Waals surface area contributed by atoms with Crippen LogP contribution in [0.4, 0.5) is 5.69 Å². The van der Waals surface area contributed by atoms with Crippen LogP contribution in [-0.2, 0) is 0 Å². The van der Waals surface area contributed by atoms with Crippen molar-refractivity contribution in [2.75, 3.05) is 5.73 Å². The maximum Gasteiger partial charge on any atom is 0.262 e. The molecule has 0 saturated carbocycles. The molecule has 0 aliphatic carbocycles. The van der Waals surface area contributed by atoms with E-state index in [1.807, 2.05) is 19.1 Å². The summed E-state index contributed by atoms with van der Waals surface area (Å²) in [6.07, 6.45) is 0. The fourth-order valence-electron chi connectivity index (χ4n) is 2.52. The standard InChI is InChI=1S/C16H13ClN2O2/c1-9(10-2-4-11(17)5-3-10)19-15(20)13-7-6-12(18)8-14(13)16(19)21/h2-9H,18H2,1H3. The van der Waals surface area contributed by atoms with Crippen molar-refractivity contribution in [2.45, 2.75) is 13.0 Å². The number of nitrogens with two attached hydrogens (primary N) is 1. The molecular formula is C16H13ClN2O2. The number of rotatable bonds is 2. The fourth-order valence-corrected chi connectivity index (χ4v) is 2.65. The molecule has 0 aromatic heterocycles. The molecule has 0 saturated heterocycles. The SMILES string of the molecule is CC(c1ccc(Cl)cc1)N1C(=O)c2ccc(N)cc2C1=O. The Balaban J connectivity index is 1.99. The predicted octanol–water partition coefficient (Wildman–Crippen LogP) is 3.28. The highest BCUT2D eigenvalue weighted by Gasteiger charge is 2.38. The minimum Gasteiger partial charge on any atom is -0.399 e. The molecule has 0 fully saturated rings. The molecule has 0 radical (unpaired) electrons. The van der Waals surface area contributed by atoms with Crippen molar-refractivity contribution < 1.29 is 9.59 Å². The van der Waals surface area contributed by atoms with Gasteiger partial charge in [-0.05, 0) is 42.8 Å². The Morgan fingerprint density at radius 2 is 1.62 bits per heavy atom. The first kappa shape index (κ1) is 13.6. The molecule has 4 nitrogen and oxygen atoms in total. The van der Waals surface area contributed by atoms with Crippen LogP contribution in [0.3, 0.4) is 0 Å². The van der Waals surface area contributed by atoms with Crippen LogP contribution in [-0.4, -0.2) is 16.7 Å². The average Bonchev–Trinajstić information content (AvgIpc) is 2.70. The van der Waals surface area contributed by atoms with Crippen LogP contribution in [0.15, 0.2) is 42.5 Å². The molecule has 21 heavy (non-hydrogen) atoms. The number of carbonyl (C=O) groups is 2. The zero-order valence-corrected chi connectivity index (χ0v) is 12.1. The van der Waals surface area contributed by atoms with Gasteiger partial charge in [0.25, 0.3) is 11.8 Å². The van der Waals surface area contributed by atoms with Gasteiger partial charge >= 0.3 is 0 Å². The van der Waals surface area contributed by atoms with E-state index in [9.17, 15) is 9.59 Å². The molecule has 1 aliphatic heterocycles. The van der Waals surface area contributed by atoms with Crippen molar-refractivity contribution in [1.82, 2.24) is 4.90 Å². The van der Waals surface area contributed by atoms with Gasteiger partial charge in [0.2, 0.25) is 0 Å². The number of benzene rings is 2. The third-order valence-corrected chi connectivity index (χ3v) is 3.93. The van der Waals surface area contributed by atoms with E-state index in [1.165, 1.54) is 4.90 Å². The van der Waals surface area contributed by atoms with E-state index < -0.39 is 0 Å². The zero-order valence-electron chi connectivity index (χ0n) is 11.3. The van der Waals surface area contributed by atoms with E-state index >= 15 is 0 Å². The van der Waals surface area contributed by atoms with Crippen molar-refractivity contribution in [1.29, 1.82) is 0 Å². The Hall–Kier alpha value is -2.33. The number of imide groups is 1. The minimum atomic E-state index is -0.365. The van der Waals surface area contributed by atoms with Gasteiger partial charge in [-0.3, -0.25) is 14.5 Å². The van der Waals surface area contributed by atoms with Gasteiger partial charge in [0.1, 0.15) is 0 Å². The lowest BCUT2D eigenvalue weighted by atomic mass is 10.1. The first-order valence-electron chi connectivity index (χ1n) is 6.52. The maximum absolute atomic E-state index is 12.5. The lowest BCUT2D eigenvalue weighted by molar-refractivity contribution is 0.0595. The van der Waals surface area contributed by atoms with Crippen molar-refractivity contribution in [3.63, 3.8) is 0 Å². The van der Waals surface area contributed by atoms with Crippen LogP contribution in [0, 0.1) is 0 Å². The number of hydrogen-bond acceptors (Lipinski definition) is 3. The molecule has 5 heteroatoms. The minimum absolute atomic E-state index is 0.294. The maximum atomic E-state index is 12.5. The van der Waals surface area contributed by atoms with Crippen LogP contribution < -0.4 is 5.73 Å². The van der Waals surface area contributed by atoms with Gasteiger partial charge in [-0.1, -0.05) is 23.7 Å². The summed E-state index contributed by atoms with van der Waals surface area (Å²) in [5, 5.41) is 0.612.